The van der Waals surface area contributed by atoms with Crippen LogP contribution in [0.1, 0.15) is 16.7 Å². The molecule has 0 aliphatic carbocycles. The summed E-state index contributed by atoms with van der Waals surface area (Å²) in [5, 5.41) is 4.22. The third-order valence-corrected chi connectivity index (χ3v) is 5.04. The van der Waals surface area contributed by atoms with Gasteiger partial charge in [-0.15, -0.1) is 0 Å². The molecule has 4 rings (SSSR count). The number of hydrogen-bond donors (Lipinski definition) is 1. The number of morpholine rings is 1. The normalized spacial score (nSPS) is 14.5. The highest BCUT2D eigenvalue weighted by molar-refractivity contribution is 5.80. The largest absolute Gasteiger partial charge is 0.457 e. The van der Waals surface area contributed by atoms with E-state index in [1.807, 2.05) is 36.1 Å². The Morgan fingerprint density at radius 2 is 1.88 bits per heavy atom. The molecule has 1 N–H and O–H groups in total. The van der Waals surface area contributed by atoms with Crippen molar-refractivity contribution in [1.29, 1.82) is 0 Å². The molecule has 0 unspecified atom stereocenters. The van der Waals surface area contributed by atoms with E-state index in [1.165, 1.54) is 12.1 Å². The number of rotatable bonds is 8. The topological polar surface area (TPSA) is 71.9 Å². The lowest BCUT2D eigenvalue weighted by Gasteiger charge is -2.28. The van der Waals surface area contributed by atoms with Crippen LogP contribution in [0.2, 0.25) is 0 Å². The SMILES string of the molecule is Cc1cccc(/C=N/Nc2cc(N3CCOCC3)nc(OCC(F)(F)c3ccccc3)n2)c1. The van der Waals surface area contributed by atoms with Crippen LogP contribution in [0, 0.1) is 6.92 Å². The number of aromatic nitrogens is 2. The summed E-state index contributed by atoms with van der Waals surface area (Å²) in [4.78, 5) is 10.6. The van der Waals surface area contributed by atoms with Gasteiger partial charge in [-0.05, 0) is 12.5 Å². The van der Waals surface area contributed by atoms with Crippen LogP contribution in [0.5, 0.6) is 6.01 Å². The van der Waals surface area contributed by atoms with Gasteiger partial charge in [0.15, 0.2) is 12.4 Å². The van der Waals surface area contributed by atoms with E-state index in [1.54, 1.807) is 30.5 Å². The molecular weight excluding hydrogens is 428 g/mol. The molecule has 1 aliphatic heterocycles. The molecule has 0 radical (unpaired) electrons. The molecule has 9 heteroatoms. The molecular formula is C24H25F2N5O2. The second-order valence-corrected chi connectivity index (χ2v) is 7.64. The number of anilines is 2. The first-order valence-corrected chi connectivity index (χ1v) is 10.6. The average Bonchev–Trinajstić information content (AvgIpc) is 2.84. The van der Waals surface area contributed by atoms with Gasteiger partial charge in [0.2, 0.25) is 0 Å². The van der Waals surface area contributed by atoms with Gasteiger partial charge in [-0.3, -0.25) is 5.43 Å². The summed E-state index contributed by atoms with van der Waals surface area (Å²) < 4.78 is 39.9. The maximum absolute atomic E-state index is 14.6. The van der Waals surface area contributed by atoms with E-state index in [0.29, 0.717) is 37.9 Å². The fourth-order valence-electron chi connectivity index (χ4n) is 3.33. The molecule has 1 aliphatic rings. The Labute approximate surface area is 191 Å². The summed E-state index contributed by atoms with van der Waals surface area (Å²) in [7, 11) is 0. The molecule has 0 bridgehead atoms. The lowest BCUT2D eigenvalue weighted by Crippen LogP contribution is -2.37. The molecule has 172 valence electrons. The number of aryl methyl sites for hydroxylation is 1. The summed E-state index contributed by atoms with van der Waals surface area (Å²) in [6, 6.07) is 17.0. The van der Waals surface area contributed by atoms with Crippen LogP contribution in [0.25, 0.3) is 0 Å². The smallest absolute Gasteiger partial charge is 0.320 e. The van der Waals surface area contributed by atoms with E-state index in [4.69, 9.17) is 9.47 Å². The molecule has 0 atom stereocenters. The summed E-state index contributed by atoms with van der Waals surface area (Å²) in [5.41, 5.74) is 4.76. The fraction of sp³-hybridized carbons (Fsp3) is 0.292. The van der Waals surface area contributed by atoms with Crippen molar-refractivity contribution in [3.05, 3.63) is 77.4 Å². The third kappa shape index (κ3) is 6.23. The average molecular weight is 453 g/mol. The van der Waals surface area contributed by atoms with Gasteiger partial charge in [0.25, 0.3) is 0 Å². The van der Waals surface area contributed by atoms with E-state index in [2.05, 4.69) is 20.5 Å². The maximum atomic E-state index is 14.6. The maximum Gasteiger partial charge on any atom is 0.320 e. The van der Waals surface area contributed by atoms with Crippen LogP contribution in [-0.2, 0) is 10.7 Å². The van der Waals surface area contributed by atoms with E-state index >= 15 is 0 Å². The molecule has 0 spiro atoms. The molecule has 33 heavy (non-hydrogen) atoms. The van der Waals surface area contributed by atoms with Gasteiger partial charge in [0, 0.05) is 24.7 Å². The van der Waals surface area contributed by atoms with Crippen molar-refractivity contribution in [3.63, 3.8) is 0 Å². The van der Waals surface area contributed by atoms with Gasteiger partial charge < -0.3 is 14.4 Å². The summed E-state index contributed by atoms with van der Waals surface area (Å²) in [5.74, 6) is -2.29. The van der Waals surface area contributed by atoms with Crippen molar-refractivity contribution in [3.8, 4) is 6.01 Å². The van der Waals surface area contributed by atoms with Crippen molar-refractivity contribution >= 4 is 17.9 Å². The van der Waals surface area contributed by atoms with Crippen LogP contribution < -0.4 is 15.1 Å². The summed E-state index contributed by atoms with van der Waals surface area (Å²) >= 11 is 0. The molecule has 1 fully saturated rings. The van der Waals surface area contributed by atoms with Gasteiger partial charge in [0.05, 0.1) is 19.4 Å². The van der Waals surface area contributed by atoms with Crippen molar-refractivity contribution in [2.45, 2.75) is 12.8 Å². The summed E-state index contributed by atoms with van der Waals surface area (Å²) in [6.45, 7) is 3.49. The number of hydrogen-bond acceptors (Lipinski definition) is 7. The Balaban J connectivity index is 1.52. The van der Waals surface area contributed by atoms with Gasteiger partial charge in [-0.25, -0.2) is 0 Å². The molecule has 1 aromatic heterocycles. The Hall–Kier alpha value is -3.59. The van der Waals surface area contributed by atoms with Crippen LogP contribution in [0.4, 0.5) is 20.4 Å². The molecule has 7 nitrogen and oxygen atoms in total. The number of hydrazone groups is 1. The minimum atomic E-state index is -3.18. The predicted molar refractivity (Wildman–Crippen MR) is 123 cm³/mol. The van der Waals surface area contributed by atoms with Crippen molar-refractivity contribution < 1.29 is 18.3 Å². The molecule has 1 saturated heterocycles. The van der Waals surface area contributed by atoms with E-state index in [-0.39, 0.29) is 11.6 Å². The standard InChI is InChI=1S/C24H25F2N5O2/c1-18-6-5-7-19(14-18)16-27-30-21-15-22(31-10-12-32-13-11-31)29-23(28-21)33-17-24(25,26)20-8-3-2-4-9-20/h2-9,14-16H,10-13,17H2,1H3,(H,28,29,30)/b27-16+. The fourth-order valence-corrected chi connectivity index (χ4v) is 3.33. The van der Waals surface area contributed by atoms with Crippen molar-refractivity contribution in [1.82, 2.24) is 9.97 Å². The van der Waals surface area contributed by atoms with Crippen LogP contribution in [0.3, 0.4) is 0 Å². The van der Waals surface area contributed by atoms with Crippen LogP contribution in [0.15, 0.2) is 65.8 Å². The van der Waals surface area contributed by atoms with Gasteiger partial charge in [-0.2, -0.15) is 23.9 Å². The Bertz CT molecular complexity index is 1090. The second-order valence-electron chi connectivity index (χ2n) is 7.64. The second kappa shape index (κ2) is 10.4. The molecule has 2 aromatic carbocycles. The van der Waals surface area contributed by atoms with E-state index in [0.717, 1.165) is 11.1 Å². The lowest BCUT2D eigenvalue weighted by molar-refractivity contribution is -0.0490. The minimum absolute atomic E-state index is 0.129. The first-order chi connectivity index (χ1) is 16.0. The van der Waals surface area contributed by atoms with Crippen LogP contribution >= 0.6 is 0 Å². The number of benzene rings is 2. The zero-order valence-corrected chi connectivity index (χ0v) is 18.2. The van der Waals surface area contributed by atoms with Crippen molar-refractivity contribution in [2.75, 3.05) is 43.2 Å². The van der Waals surface area contributed by atoms with Gasteiger partial charge >= 0.3 is 11.9 Å². The molecule has 2 heterocycles. The lowest BCUT2D eigenvalue weighted by atomic mass is 10.1. The monoisotopic (exact) mass is 453 g/mol. The first kappa shape index (κ1) is 22.6. The molecule has 0 amide bonds. The zero-order chi connectivity index (χ0) is 23.1. The highest BCUT2D eigenvalue weighted by Gasteiger charge is 2.33. The highest BCUT2D eigenvalue weighted by Crippen LogP contribution is 2.29. The summed E-state index contributed by atoms with van der Waals surface area (Å²) in [6.07, 6.45) is 1.66. The molecule has 0 saturated carbocycles. The number of alkyl halides is 2. The number of halogens is 2. The van der Waals surface area contributed by atoms with E-state index < -0.39 is 12.5 Å². The van der Waals surface area contributed by atoms with E-state index in [9.17, 15) is 8.78 Å². The third-order valence-electron chi connectivity index (χ3n) is 5.04. The molecule has 3 aromatic rings. The quantitative estimate of drug-likeness (QED) is 0.406. The van der Waals surface area contributed by atoms with Crippen LogP contribution in [-0.4, -0.2) is 49.1 Å². The Kier molecular flexibility index (Phi) is 7.09. The first-order valence-electron chi connectivity index (χ1n) is 10.6. The van der Waals surface area contributed by atoms with Gasteiger partial charge in [-0.1, -0.05) is 60.2 Å². The number of nitrogens with one attached hydrogen (secondary N) is 1. The van der Waals surface area contributed by atoms with Crippen molar-refractivity contribution in [2.24, 2.45) is 5.10 Å². The zero-order valence-electron chi connectivity index (χ0n) is 18.2. The van der Waals surface area contributed by atoms with Gasteiger partial charge in [0.1, 0.15) is 5.82 Å². The minimum Gasteiger partial charge on any atom is -0.457 e. The Morgan fingerprint density at radius 3 is 2.64 bits per heavy atom. The predicted octanol–water partition coefficient (Wildman–Crippen LogP) is 4.24. The number of ether oxygens (including phenoxy) is 2. The Morgan fingerprint density at radius 1 is 1.09 bits per heavy atom. The number of nitrogens with zero attached hydrogens (tertiary/aromatic N) is 4. The highest BCUT2D eigenvalue weighted by atomic mass is 19.3.